The van der Waals surface area contributed by atoms with Gasteiger partial charge in [0.25, 0.3) is 0 Å². The van der Waals surface area contributed by atoms with Crippen molar-refractivity contribution in [3.05, 3.63) is 0 Å². The molecule has 3 heterocycles. The first kappa shape index (κ1) is 38.0. The summed E-state index contributed by atoms with van der Waals surface area (Å²) in [5.74, 6) is 4.76. The molecular weight excluding hydrogens is 518 g/mol. The number of nitrogens with zero attached hydrogens (tertiary/aromatic N) is 2. The SMILES string of the molecule is CC.CCC(C)C1CCC(CCOC2CCN(CC)CC2)CC1.CCC(C)C1CCN(CCOC2CCNCC2)CC1. The number of nitrogens with one attached hydrogen (secondary N) is 1. The lowest BCUT2D eigenvalue weighted by atomic mass is 9.75. The summed E-state index contributed by atoms with van der Waals surface area (Å²) in [4.78, 5) is 5.13. The highest BCUT2D eigenvalue weighted by Gasteiger charge is 2.25. The first-order valence-electron chi connectivity index (χ1n) is 18.9. The fraction of sp³-hybridized carbons (Fsp3) is 1.00. The largest absolute Gasteiger partial charge is 0.378 e. The van der Waals surface area contributed by atoms with Gasteiger partial charge in [0.15, 0.2) is 0 Å². The van der Waals surface area contributed by atoms with Gasteiger partial charge in [-0.15, -0.1) is 0 Å². The lowest BCUT2D eigenvalue weighted by Crippen LogP contribution is -2.39. The number of likely N-dealkylation sites (tertiary alicyclic amines) is 2. The second kappa shape index (κ2) is 23.2. The van der Waals surface area contributed by atoms with Crippen LogP contribution in [0.4, 0.5) is 0 Å². The minimum absolute atomic E-state index is 0.513. The third-order valence-electron chi connectivity index (χ3n) is 11.3. The minimum atomic E-state index is 0.513. The maximum Gasteiger partial charge on any atom is 0.0600 e. The zero-order chi connectivity index (χ0) is 30.6. The molecule has 0 aromatic heterocycles. The van der Waals surface area contributed by atoms with E-state index in [0.29, 0.717) is 12.2 Å². The smallest absolute Gasteiger partial charge is 0.0600 e. The number of rotatable bonds is 13. The van der Waals surface area contributed by atoms with Crippen molar-refractivity contribution in [2.45, 2.75) is 144 Å². The first-order chi connectivity index (χ1) is 20.5. The van der Waals surface area contributed by atoms with Crippen molar-refractivity contribution in [1.82, 2.24) is 15.1 Å². The number of piperidine rings is 3. The third kappa shape index (κ3) is 14.7. The average Bonchev–Trinajstić information content (AvgIpc) is 3.06. The number of hydrogen-bond acceptors (Lipinski definition) is 5. The van der Waals surface area contributed by atoms with E-state index in [9.17, 15) is 0 Å². The molecule has 0 amide bonds. The van der Waals surface area contributed by atoms with Crippen molar-refractivity contribution < 1.29 is 9.47 Å². The molecule has 2 atom stereocenters. The molecule has 1 N–H and O–H groups in total. The van der Waals surface area contributed by atoms with Gasteiger partial charge in [-0.25, -0.2) is 0 Å². The number of hydrogen-bond donors (Lipinski definition) is 1. The van der Waals surface area contributed by atoms with E-state index < -0.39 is 0 Å². The van der Waals surface area contributed by atoms with E-state index in [4.69, 9.17) is 9.47 Å². The summed E-state index contributed by atoms with van der Waals surface area (Å²) in [7, 11) is 0. The third-order valence-corrected chi connectivity index (χ3v) is 11.3. The van der Waals surface area contributed by atoms with Gasteiger partial charge in [0.05, 0.1) is 18.8 Å². The lowest BCUT2D eigenvalue weighted by molar-refractivity contribution is 0.000127. The molecule has 1 aliphatic carbocycles. The van der Waals surface area contributed by atoms with E-state index in [-0.39, 0.29) is 0 Å². The molecule has 3 saturated heterocycles. The molecule has 1 saturated carbocycles. The van der Waals surface area contributed by atoms with Crippen molar-refractivity contribution in [2.75, 3.05) is 65.6 Å². The average molecular weight is 594 g/mol. The van der Waals surface area contributed by atoms with E-state index >= 15 is 0 Å². The van der Waals surface area contributed by atoms with Crippen LogP contribution in [-0.2, 0) is 9.47 Å². The van der Waals surface area contributed by atoms with Crippen molar-refractivity contribution in [3.8, 4) is 0 Å². The van der Waals surface area contributed by atoms with E-state index in [1.165, 1.54) is 116 Å². The van der Waals surface area contributed by atoms with Gasteiger partial charge in [0, 0.05) is 26.2 Å². The van der Waals surface area contributed by atoms with Crippen LogP contribution in [0.1, 0.15) is 132 Å². The maximum absolute atomic E-state index is 6.15. The fourth-order valence-electron chi connectivity index (χ4n) is 7.56. The van der Waals surface area contributed by atoms with Crippen molar-refractivity contribution in [2.24, 2.45) is 29.6 Å². The van der Waals surface area contributed by atoms with Crippen molar-refractivity contribution >= 4 is 0 Å². The Bertz CT molecular complexity index is 604. The summed E-state index contributed by atoms with van der Waals surface area (Å²) in [5, 5.41) is 3.38. The summed E-state index contributed by atoms with van der Waals surface area (Å²) in [6.45, 7) is 27.4. The van der Waals surface area contributed by atoms with Crippen LogP contribution in [-0.4, -0.2) is 87.6 Å². The molecule has 0 aromatic rings. The summed E-state index contributed by atoms with van der Waals surface area (Å²) in [6.07, 6.45) is 18.5. The Balaban J connectivity index is 0.000000278. The van der Waals surface area contributed by atoms with Crippen molar-refractivity contribution in [3.63, 3.8) is 0 Å². The summed E-state index contributed by atoms with van der Waals surface area (Å²) in [6, 6.07) is 0. The highest BCUT2D eigenvalue weighted by Crippen LogP contribution is 2.36. The Morgan fingerprint density at radius 1 is 0.619 bits per heavy atom. The summed E-state index contributed by atoms with van der Waals surface area (Å²) in [5.41, 5.74) is 0. The summed E-state index contributed by atoms with van der Waals surface area (Å²) < 4.78 is 12.1. The van der Waals surface area contributed by atoms with Gasteiger partial charge in [-0.1, -0.05) is 74.1 Å². The quantitative estimate of drug-likeness (QED) is 0.233. The van der Waals surface area contributed by atoms with Gasteiger partial charge in [-0.05, 0) is 120 Å². The van der Waals surface area contributed by atoms with Crippen LogP contribution in [0.3, 0.4) is 0 Å². The van der Waals surface area contributed by atoms with Crippen LogP contribution < -0.4 is 5.32 Å². The lowest BCUT2D eigenvalue weighted by Gasteiger charge is -2.35. The van der Waals surface area contributed by atoms with Gasteiger partial charge < -0.3 is 24.6 Å². The van der Waals surface area contributed by atoms with Gasteiger partial charge in [0.2, 0.25) is 0 Å². The predicted octanol–water partition coefficient (Wildman–Crippen LogP) is 8.27. The Hall–Kier alpha value is -0.200. The molecule has 2 unspecified atom stereocenters. The standard InChI is InChI=1S/C19H37NO.C16H32N2O.C2H6/c1-4-16(3)18-8-6-17(7-9-18)12-15-21-19-10-13-20(5-2)14-11-19;1-3-14(2)15-6-10-18(11-7-15)12-13-19-16-4-8-17-9-5-16;1-2/h16-19H,4-15H2,1-3H3;14-17H,3-13H2,1-2H3;1-2H3. The maximum atomic E-state index is 6.15. The van der Waals surface area contributed by atoms with Gasteiger partial charge in [-0.3, -0.25) is 0 Å². The zero-order valence-electron chi connectivity index (χ0n) is 29.5. The molecule has 0 aromatic carbocycles. The number of ether oxygens (including phenoxy) is 2. The topological polar surface area (TPSA) is 37.0 Å². The molecule has 4 fully saturated rings. The minimum Gasteiger partial charge on any atom is -0.378 e. The normalized spacial score (nSPS) is 26.9. The van der Waals surface area contributed by atoms with E-state index in [2.05, 4.69) is 49.7 Å². The molecule has 5 nitrogen and oxygen atoms in total. The summed E-state index contributed by atoms with van der Waals surface area (Å²) >= 11 is 0. The van der Waals surface area contributed by atoms with E-state index in [0.717, 1.165) is 62.4 Å². The van der Waals surface area contributed by atoms with Crippen LogP contribution >= 0.6 is 0 Å². The highest BCUT2D eigenvalue weighted by molar-refractivity contribution is 4.77. The molecule has 4 rings (SSSR count). The van der Waals surface area contributed by atoms with Gasteiger partial charge in [0.1, 0.15) is 0 Å². The Kier molecular flexibility index (Phi) is 21.0. The van der Waals surface area contributed by atoms with Crippen LogP contribution in [0.15, 0.2) is 0 Å². The molecule has 250 valence electrons. The van der Waals surface area contributed by atoms with E-state index in [1.807, 2.05) is 13.8 Å². The highest BCUT2D eigenvalue weighted by atomic mass is 16.5. The molecule has 42 heavy (non-hydrogen) atoms. The Morgan fingerprint density at radius 2 is 1.12 bits per heavy atom. The molecule has 0 radical (unpaired) electrons. The monoisotopic (exact) mass is 594 g/mol. The molecule has 4 aliphatic rings. The van der Waals surface area contributed by atoms with Crippen LogP contribution in [0, 0.1) is 29.6 Å². The molecule has 5 heteroatoms. The molecular formula is C37H75N3O2. The van der Waals surface area contributed by atoms with Gasteiger partial charge in [-0.2, -0.15) is 0 Å². The van der Waals surface area contributed by atoms with Crippen LogP contribution in [0.2, 0.25) is 0 Å². The van der Waals surface area contributed by atoms with E-state index in [1.54, 1.807) is 0 Å². The van der Waals surface area contributed by atoms with Crippen LogP contribution in [0.25, 0.3) is 0 Å². The zero-order valence-corrected chi connectivity index (χ0v) is 29.5. The van der Waals surface area contributed by atoms with Crippen LogP contribution in [0.5, 0.6) is 0 Å². The predicted molar refractivity (Wildman–Crippen MR) is 182 cm³/mol. The molecule has 0 spiro atoms. The van der Waals surface area contributed by atoms with Crippen molar-refractivity contribution in [1.29, 1.82) is 0 Å². The first-order valence-corrected chi connectivity index (χ1v) is 18.9. The Morgan fingerprint density at radius 3 is 1.67 bits per heavy atom. The second-order valence-electron chi connectivity index (χ2n) is 13.8. The Labute approximate surface area is 263 Å². The van der Waals surface area contributed by atoms with Gasteiger partial charge >= 0.3 is 0 Å². The molecule has 3 aliphatic heterocycles. The second-order valence-corrected chi connectivity index (χ2v) is 13.8. The molecule has 0 bridgehead atoms. The fourth-order valence-corrected chi connectivity index (χ4v) is 7.56.